The Kier molecular flexibility index (Phi) is 3.14. The maximum atomic E-state index is 10.6. The molecule has 0 saturated carbocycles. The average molecular weight is 218 g/mol. The average Bonchev–Trinajstić information content (AvgIpc) is 2.16. The zero-order valence-electron chi connectivity index (χ0n) is 7.61. The van der Waals surface area contributed by atoms with Crippen LogP contribution in [0.2, 0.25) is 5.02 Å². The lowest BCUT2D eigenvalue weighted by molar-refractivity contribution is -0.385. The molecule has 0 aliphatic carbocycles. The standard InChI is InChI=1S/C8H8ClNO4/c1-13-7-4-5(9)3-6(10(11)12)8(7)14-2/h3-4H,1-2H3. The second-order valence-electron chi connectivity index (χ2n) is 2.42. The summed E-state index contributed by atoms with van der Waals surface area (Å²) in [6.45, 7) is 0. The van der Waals surface area contributed by atoms with Gasteiger partial charge in [0.2, 0.25) is 5.75 Å². The maximum absolute atomic E-state index is 10.6. The first-order chi connectivity index (χ1) is 6.60. The predicted octanol–water partition coefficient (Wildman–Crippen LogP) is 2.27. The molecule has 6 heteroatoms. The molecule has 0 bridgehead atoms. The highest BCUT2D eigenvalue weighted by Crippen LogP contribution is 2.39. The van der Waals surface area contributed by atoms with Crippen molar-refractivity contribution < 1.29 is 14.4 Å². The summed E-state index contributed by atoms with van der Waals surface area (Å²) >= 11 is 5.66. The maximum Gasteiger partial charge on any atom is 0.316 e. The lowest BCUT2D eigenvalue weighted by atomic mass is 10.2. The third kappa shape index (κ3) is 1.88. The molecular weight excluding hydrogens is 210 g/mol. The van der Waals surface area contributed by atoms with Crippen LogP contribution in [0, 0.1) is 10.1 Å². The Bertz CT molecular complexity index is 367. The van der Waals surface area contributed by atoms with Gasteiger partial charge in [-0.2, -0.15) is 0 Å². The second-order valence-corrected chi connectivity index (χ2v) is 2.85. The van der Waals surface area contributed by atoms with Crippen LogP contribution in [0.15, 0.2) is 12.1 Å². The molecule has 14 heavy (non-hydrogen) atoms. The molecule has 0 saturated heterocycles. The number of rotatable bonds is 3. The van der Waals surface area contributed by atoms with Crippen LogP contribution < -0.4 is 9.47 Å². The summed E-state index contributed by atoms with van der Waals surface area (Å²) in [6.07, 6.45) is 0. The molecule has 0 aliphatic rings. The first kappa shape index (κ1) is 10.6. The summed E-state index contributed by atoms with van der Waals surface area (Å²) in [5.74, 6) is 0.314. The molecule has 0 atom stereocenters. The van der Waals surface area contributed by atoms with Crippen molar-refractivity contribution >= 4 is 17.3 Å². The third-order valence-electron chi connectivity index (χ3n) is 1.62. The van der Waals surface area contributed by atoms with Gasteiger partial charge >= 0.3 is 5.69 Å². The zero-order valence-corrected chi connectivity index (χ0v) is 8.37. The van der Waals surface area contributed by atoms with Gasteiger partial charge in [-0.1, -0.05) is 11.6 Å². The Hall–Kier alpha value is -1.49. The number of benzene rings is 1. The van der Waals surface area contributed by atoms with E-state index in [4.69, 9.17) is 21.1 Å². The van der Waals surface area contributed by atoms with Crippen LogP contribution in [0.1, 0.15) is 0 Å². The molecule has 0 aliphatic heterocycles. The monoisotopic (exact) mass is 217 g/mol. The molecule has 1 aromatic carbocycles. The minimum atomic E-state index is -0.576. The van der Waals surface area contributed by atoms with Crippen LogP contribution >= 0.6 is 11.6 Å². The highest BCUT2D eigenvalue weighted by Gasteiger charge is 2.20. The van der Waals surface area contributed by atoms with Crippen LogP contribution in [0.5, 0.6) is 11.5 Å². The fourth-order valence-corrected chi connectivity index (χ4v) is 1.25. The fourth-order valence-electron chi connectivity index (χ4n) is 1.05. The minimum Gasteiger partial charge on any atom is -0.493 e. The van der Waals surface area contributed by atoms with Crippen LogP contribution in [-0.4, -0.2) is 19.1 Å². The topological polar surface area (TPSA) is 61.6 Å². The van der Waals surface area contributed by atoms with Crippen LogP contribution in [0.3, 0.4) is 0 Å². The van der Waals surface area contributed by atoms with E-state index in [1.165, 1.54) is 26.4 Å². The summed E-state index contributed by atoms with van der Waals surface area (Å²) < 4.78 is 9.75. The molecule has 0 aromatic heterocycles. The van der Waals surface area contributed by atoms with Gasteiger partial charge in [-0.05, 0) is 0 Å². The number of nitro benzene ring substituents is 1. The highest BCUT2D eigenvalue weighted by atomic mass is 35.5. The van der Waals surface area contributed by atoms with Gasteiger partial charge in [0.1, 0.15) is 0 Å². The van der Waals surface area contributed by atoms with Gasteiger partial charge < -0.3 is 9.47 Å². The van der Waals surface area contributed by atoms with Gasteiger partial charge in [-0.15, -0.1) is 0 Å². The molecule has 1 aromatic rings. The number of nitro groups is 1. The number of halogens is 1. The van der Waals surface area contributed by atoms with E-state index in [1.54, 1.807) is 0 Å². The quantitative estimate of drug-likeness (QED) is 0.576. The summed E-state index contributed by atoms with van der Waals surface area (Å²) in [5, 5.41) is 10.8. The molecule has 76 valence electrons. The second kappa shape index (κ2) is 4.15. The Morgan fingerprint density at radius 2 is 2.00 bits per heavy atom. The summed E-state index contributed by atoms with van der Waals surface area (Å²) in [6, 6.07) is 2.66. The zero-order chi connectivity index (χ0) is 10.7. The molecule has 0 fully saturated rings. The van der Waals surface area contributed by atoms with Crippen molar-refractivity contribution in [3.63, 3.8) is 0 Å². The smallest absolute Gasteiger partial charge is 0.316 e. The molecule has 5 nitrogen and oxygen atoms in total. The third-order valence-corrected chi connectivity index (χ3v) is 1.84. The normalized spacial score (nSPS) is 9.64. The van der Waals surface area contributed by atoms with E-state index in [9.17, 15) is 10.1 Å². The number of nitrogens with zero attached hydrogens (tertiary/aromatic N) is 1. The van der Waals surface area contributed by atoms with Crippen molar-refractivity contribution in [3.05, 3.63) is 27.3 Å². The Morgan fingerprint density at radius 1 is 1.36 bits per heavy atom. The van der Waals surface area contributed by atoms with E-state index >= 15 is 0 Å². The van der Waals surface area contributed by atoms with E-state index in [1.807, 2.05) is 0 Å². The van der Waals surface area contributed by atoms with E-state index in [0.717, 1.165) is 0 Å². The lowest BCUT2D eigenvalue weighted by Crippen LogP contribution is -1.96. The van der Waals surface area contributed by atoms with Crippen molar-refractivity contribution in [2.24, 2.45) is 0 Å². The molecule has 0 heterocycles. The molecule has 0 spiro atoms. The van der Waals surface area contributed by atoms with E-state index in [0.29, 0.717) is 0 Å². The Morgan fingerprint density at radius 3 is 2.43 bits per heavy atom. The Labute approximate surface area is 85.3 Å². The van der Waals surface area contributed by atoms with Crippen molar-refractivity contribution in [3.8, 4) is 11.5 Å². The number of hydrogen-bond donors (Lipinski definition) is 0. The van der Waals surface area contributed by atoms with Crippen molar-refractivity contribution in [2.45, 2.75) is 0 Å². The van der Waals surface area contributed by atoms with Crippen LogP contribution in [0.25, 0.3) is 0 Å². The summed E-state index contributed by atoms with van der Waals surface area (Å²) in [4.78, 5) is 10.0. The molecule has 1 rings (SSSR count). The fraction of sp³-hybridized carbons (Fsp3) is 0.250. The van der Waals surface area contributed by atoms with E-state index in [2.05, 4.69) is 0 Å². The highest BCUT2D eigenvalue weighted by molar-refractivity contribution is 6.31. The number of ether oxygens (including phenoxy) is 2. The van der Waals surface area contributed by atoms with Crippen molar-refractivity contribution in [1.29, 1.82) is 0 Å². The van der Waals surface area contributed by atoms with Gasteiger partial charge in [0.25, 0.3) is 0 Å². The summed E-state index contributed by atoms with van der Waals surface area (Å²) in [7, 11) is 2.72. The molecule has 0 N–H and O–H groups in total. The largest absolute Gasteiger partial charge is 0.493 e. The van der Waals surface area contributed by atoms with Gasteiger partial charge in [0.05, 0.1) is 24.2 Å². The number of hydrogen-bond acceptors (Lipinski definition) is 4. The predicted molar refractivity (Wildman–Crippen MR) is 51.2 cm³/mol. The Balaban J connectivity index is 3.39. The van der Waals surface area contributed by atoms with Crippen LogP contribution in [0.4, 0.5) is 5.69 Å². The number of methoxy groups -OCH3 is 2. The van der Waals surface area contributed by atoms with Gasteiger partial charge in [-0.25, -0.2) is 0 Å². The molecule has 0 amide bonds. The van der Waals surface area contributed by atoms with Crippen LogP contribution in [-0.2, 0) is 0 Å². The van der Waals surface area contributed by atoms with Gasteiger partial charge in [-0.3, -0.25) is 10.1 Å². The van der Waals surface area contributed by atoms with E-state index < -0.39 is 4.92 Å². The van der Waals surface area contributed by atoms with E-state index in [-0.39, 0.29) is 22.2 Å². The molecule has 0 unspecified atom stereocenters. The van der Waals surface area contributed by atoms with Crippen molar-refractivity contribution in [2.75, 3.05) is 14.2 Å². The molecular formula is C8H8ClNO4. The minimum absolute atomic E-state index is 0.0712. The first-order valence-corrected chi connectivity index (χ1v) is 4.04. The summed E-state index contributed by atoms with van der Waals surface area (Å²) in [5.41, 5.74) is -0.211. The first-order valence-electron chi connectivity index (χ1n) is 3.66. The molecule has 0 radical (unpaired) electrons. The van der Waals surface area contributed by atoms with Crippen molar-refractivity contribution in [1.82, 2.24) is 0 Å². The lowest BCUT2D eigenvalue weighted by Gasteiger charge is -2.07. The van der Waals surface area contributed by atoms with Gasteiger partial charge in [0.15, 0.2) is 5.75 Å². The van der Waals surface area contributed by atoms with Gasteiger partial charge in [0, 0.05) is 12.1 Å². The SMILES string of the molecule is COc1cc(Cl)cc([N+](=O)[O-])c1OC.